The first-order chi connectivity index (χ1) is 8.22. The molecule has 2 rings (SSSR count). The third-order valence-corrected chi connectivity index (χ3v) is 2.29. The fourth-order valence-electron chi connectivity index (χ4n) is 1.51. The molecule has 0 aliphatic heterocycles. The molecule has 17 heavy (non-hydrogen) atoms. The topological polar surface area (TPSA) is 78.1 Å². The van der Waals surface area contributed by atoms with Gasteiger partial charge in [0.15, 0.2) is 0 Å². The van der Waals surface area contributed by atoms with E-state index in [1.807, 2.05) is 6.07 Å². The third kappa shape index (κ3) is 2.23. The van der Waals surface area contributed by atoms with Gasteiger partial charge in [-0.3, -0.25) is 9.78 Å². The molecule has 2 aromatic heterocycles. The minimum Gasteiger partial charge on any atom is -0.481 e. The van der Waals surface area contributed by atoms with Gasteiger partial charge in [-0.05, 0) is 29.8 Å². The Morgan fingerprint density at radius 2 is 2.12 bits per heavy atom. The van der Waals surface area contributed by atoms with Crippen molar-refractivity contribution in [1.29, 1.82) is 0 Å². The summed E-state index contributed by atoms with van der Waals surface area (Å²) in [6, 6.07) is 7.03. The van der Waals surface area contributed by atoms with Crippen LogP contribution in [0.3, 0.4) is 0 Å². The van der Waals surface area contributed by atoms with Gasteiger partial charge in [-0.15, -0.1) is 0 Å². The van der Waals surface area contributed by atoms with Crippen molar-refractivity contribution < 1.29 is 9.53 Å². The minimum absolute atomic E-state index is 0.216. The van der Waals surface area contributed by atoms with Gasteiger partial charge < -0.3 is 10.5 Å². The number of carbonyl (C=O) groups is 1. The Bertz CT molecular complexity index is 555. The number of hydrogen-bond donors (Lipinski definition) is 1. The Balaban J connectivity index is 2.52. The lowest BCUT2D eigenvalue weighted by molar-refractivity contribution is 0.0995. The van der Waals surface area contributed by atoms with Crippen molar-refractivity contribution >= 4 is 5.91 Å². The van der Waals surface area contributed by atoms with Crippen molar-refractivity contribution in [2.24, 2.45) is 5.73 Å². The van der Waals surface area contributed by atoms with E-state index in [2.05, 4.69) is 9.97 Å². The Morgan fingerprint density at radius 1 is 1.29 bits per heavy atom. The average Bonchev–Trinajstić information content (AvgIpc) is 2.39. The molecule has 0 unspecified atom stereocenters. The molecule has 0 saturated heterocycles. The second-order valence-corrected chi connectivity index (χ2v) is 3.35. The lowest BCUT2D eigenvalue weighted by Crippen LogP contribution is -2.12. The molecule has 2 aromatic rings. The van der Waals surface area contributed by atoms with Gasteiger partial charge in [-0.2, -0.15) is 0 Å². The third-order valence-electron chi connectivity index (χ3n) is 2.29. The molecular formula is C12H11N3O2. The van der Waals surface area contributed by atoms with Crippen LogP contribution in [-0.2, 0) is 0 Å². The lowest BCUT2D eigenvalue weighted by Gasteiger charge is -2.07. The first kappa shape index (κ1) is 11.1. The number of ether oxygens (including phenoxy) is 1. The van der Waals surface area contributed by atoms with E-state index in [-0.39, 0.29) is 5.69 Å². The van der Waals surface area contributed by atoms with Crippen LogP contribution in [-0.4, -0.2) is 23.0 Å². The Hall–Kier alpha value is -2.43. The molecule has 0 spiro atoms. The van der Waals surface area contributed by atoms with E-state index in [4.69, 9.17) is 10.5 Å². The van der Waals surface area contributed by atoms with Crippen LogP contribution in [0.4, 0.5) is 0 Å². The first-order valence-corrected chi connectivity index (χ1v) is 4.97. The summed E-state index contributed by atoms with van der Waals surface area (Å²) in [7, 11) is 1.54. The van der Waals surface area contributed by atoms with E-state index in [0.29, 0.717) is 5.88 Å². The van der Waals surface area contributed by atoms with Crippen LogP contribution in [0.25, 0.3) is 11.1 Å². The maximum Gasteiger partial charge on any atom is 0.267 e. The number of pyridine rings is 2. The number of primary amides is 1. The molecule has 0 bridgehead atoms. The average molecular weight is 229 g/mol. The molecule has 0 saturated carbocycles. The highest BCUT2D eigenvalue weighted by atomic mass is 16.5. The van der Waals surface area contributed by atoms with Gasteiger partial charge >= 0.3 is 0 Å². The predicted octanol–water partition coefficient (Wildman–Crippen LogP) is 1.25. The van der Waals surface area contributed by atoms with Crippen molar-refractivity contribution in [3.63, 3.8) is 0 Å². The Labute approximate surface area is 98.3 Å². The molecule has 86 valence electrons. The van der Waals surface area contributed by atoms with Crippen LogP contribution in [0.15, 0.2) is 36.7 Å². The van der Waals surface area contributed by atoms with E-state index in [0.717, 1.165) is 11.1 Å². The highest BCUT2D eigenvalue weighted by Gasteiger charge is 2.09. The second-order valence-electron chi connectivity index (χ2n) is 3.35. The monoisotopic (exact) mass is 229 g/mol. The van der Waals surface area contributed by atoms with Crippen molar-refractivity contribution in [3.05, 3.63) is 42.4 Å². The van der Waals surface area contributed by atoms with Gasteiger partial charge in [0, 0.05) is 18.0 Å². The number of methoxy groups -OCH3 is 1. The number of amides is 1. The highest BCUT2D eigenvalue weighted by molar-refractivity contribution is 5.92. The number of nitrogens with zero attached hydrogens (tertiary/aromatic N) is 2. The summed E-state index contributed by atoms with van der Waals surface area (Å²) >= 11 is 0. The molecule has 0 aliphatic carbocycles. The van der Waals surface area contributed by atoms with Crippen LogP contribution in [0.2, 0.25) is 0 Å². The van der Waals surface area contributed by atoms with E-state index in [9.17, 15) is 4.79 Å². The number of rotatable bonds is 3. The summed E-state index contributed by atoms with van der Waals surface area (Å²) in [5.74, 6) is -0.0659. The van der Waals surface area contributed by atoms with Crippen LogP contribution in [0.5, 0.6) is 5.88 Å². The number of nitrogens with two attached hydrogens (primary N) is 1. The van der Waals surface area contributed by atoms with Crippen molar-refractivity contribution in [1.82, 2.24) is 9.97 Å². The van der Waals surface area contributed by atoms with E-state index in [1.54, 1.807) is 31.5 Å². The number of carbonyl (C=O) groups excluding carboxylic acids is 1. The molecule has 0 aliphatic rings. The summed E-state index contributed by atoms with van der Waals surface area (Å²) in [6.07, 6.45) is 3.17. The Kier molecular flexibility index (Phi) is 3.00. The predicted molar refractivity (Wildman–Crippen MR) is 62.5 cm³/mol. The zero-order valence-electron chi connectivity index (χ0n) is 9.25. The number of hydrogen-bond acceptors (Lipinski definition) is 4. The van der Waals surface area contributed by atoms with Gasteiger partial charge in [0.25, 0.3) is 5.91 Å². The smallest absolute Gasteiger partial charge is 0.267 e. The zero-order valence-corrected chi connectivity index (χ0v) is 9.25. The summed E-state index contributed by atoms with van der Waals surface area (Å²) in [5, 5.41) is 0. The summed E-state index contributed by atoms with van der Waals surface area (Å²) in [4.78, 5) is 19.0. The quantitative estimate of drug-likeness (QED) is 0.859. The Morgan fingerprint density at radius 3 is 2.82 bits per heavy atom. The maximum absolute atomic E-state index is 11.1. The fraction of sp³-hybridized carbons (Fsp3) is 0.0833. The van der Waals surface area contributed by atoms with Gasteiger partial charge in [-0.1, -0.05) is 0 Å². The van der Waals surface area contributed by atoms with Crippen LogP contribution in [0.1, 0.15) is 10.5 Å². The largest absolute Gasteiger partial charge is 0.481 e. The molecule has 2 heterocycles. The normalized spacial score (nSPS) is 9.94. The van der Waals surface area contributed by atoms with E-state index >= 15 is 0 Å². The molecular weight excluding hydrogens is 218 g/mol. The highest BCUT2D eigenvalue weighted by Crippen LogP contribution is 2.27. The van der Waals surface area contributed by atoms with E-state index in [1.165, 1.54) is 6.20 Å². The van der Waals surface area contributed by atoms with Gasteiger partial charge in [0.1, 0.15) is 5.69 Å². The summed E-state index contributed by atoms with van der Waals surface area (Å²) in [5.41, 5.74) is 6.98. The maximum atomic E-state index is 11.1. The molecule has 0 radical (unpaired) electrons. The van der Waals surface area contributed by atoms with Crippen molar-refractivity contribution in [2.75, 3.05) is 7.11 Å². The molecule has 0 fully saturated rings. The van der Waals surface area contributed by atoms with Gasteiger partial charge in [0.2, 0.25) is 5.88 Å². The fourth-order valence-corrected chi connectivity index (χ4v) is 1.51. The first-order valence-electron chi connectivity index (χ1n) is 4.97. The zero-order chi connectivity index (χ0) is 12.3. The van der Waals surface area contributed by atoms with Crippen LogP contribution >= 0.6 is 0 Å². The van der Waals surface area contributed by atoms with Crippen LogP contribution in [0, 0.1) is 0 Å². The van der Waals surface area contributed by atoms with Crippen LogP contribution < -0.4 is 10.5 Å². The molecule has 5 heteroatoms. The molecule has 2 N–H and O–H groups in total. The second kappa shape index (κ2) is 4.61. The summed E-state index contributed by atoms with van der Waals surface area (Å²) in [6.45, 7) is 0. The van der Waals surface area contributed by atoms with Crippen molar-refractivity contribution in [2.45, 2.75) is 0 Å². The van der Waals surface area contributed by atoms with Crippen molar-refractivity contribution in [3.8, 4) is 17.0 Å². The lowest BCUT2D eigenvalue weighted by atomic mass is 10.1. The summed E-state index contributed by atoms with van der Waals surface area (Å²) < 4.78 is 5.15. The van der Waals surface area contributed by atoms with E-state index < -0.39 is 5.91 Å². The van der Waals surface area contributed by atoms with Gasteiger partial charge in [-0.25, -0.2) is 4.98 Å². The minimum atomic E-state index is -0.560. The molecule has 0 atom stereocenters. The molecule has 5 nitrogen and oxygen atoms in total. The number of aromatic nitrogens is 2. The standard InChI is InChI=1S/C12H11N3O2/c1-17-12-9(3-2-5-15-12)8-4-6-14-10(7-8)11(13)16/h2-7H,1H3,(H2,13,16). The van der Waals surface area contributed by atoms with Gasteiger partial charge in [0.05, 0.1) is 7.11 Å². The molecule has 1 amide bonds. The molecule has 0 aromatic carbocycles. The SMILES string of the molecule is COc1ncccc1-c1ccnc(C(N)=O)c1.